The summed E-state index contributed by atoms with van der Waals surface area (Å²) in [4.78, 5) is 9.01. The SMILES string of the molecule is CC1(C)CCCC(CC(O)[SH]2C(C3CC3)=Nc3cncn32)C1. The number of thiol groups is 1. The van der Waals surface area contributed by atoms with Crippen molar-refractivity contribution < 1.29 is 5.11 Å². The molecule has 4 nitrogen and oxygen atoms in total. The monoisotopic (exact) mass is 321 g/mol. The maximum atomic E-state index is 11.0. The number of aliphatic imine (C=N–C) groups is 1. The molecule has 5 heteroatoms. The highest BCUT2D eigenvalue weighted by Crippen LogP contribution is 2.53. The first-order valence-corrected chi connectivity index (χ1v) is 9.98. The number of aliphatic hydroxyl groups excluding tert-OH is 1. The van der Waals surface area contributed by atoms with E-state index >= 15 is 0 Å². The lowest BCUT2D eigenvalue weighted by Crippen LogP contribution is -2.27. The van der Waals surface area contributed by atoms with Gasteiger partial charge < -0.3 is 5.11 Å². The quantitative estimate of drug-likeness (QED) is 0.823. The summed E-state index contributed by atoms with van der Waals surface area (Å²) >= 11 is -0.722. The fourth-order valence-corrected chi connectivity index (χ4v) is 6.81. The summed E-state index contributed by atoms with van der Waals surface area (Å²) in [5.74, 6) is 2.24. The predicted octanol–water partition coefficient (Wildman–Crippen LogP) is 4.03. The molecule has 22 heavy (non-hydrogen) atoms. The molecule has 3 atom stereocenters. The normalized spacial score (nSPS) is 33.3. The third-order valence-corrected chi connectivity index (χ3v) is 7.86. The van der Waals surface area contributed by atoms with Gasteiger partial charge in [0.1, 0.15) is 11.8 Å². The van der Waals surface area contributed by atoms with E-state index in [1.807, 2.05) is 12.5 Å². The van der Waals surface area contributed by atoms with Gasteiger partial charge in [-0.1, -0.05) is 26.7 Å². The molecule has 2 heterocycles. The number of hydrogen-bond acceptors (Lipinski definition) is 3. The van der Waals surface area contributed by atoms with Crippen molar-refractivity contribution >= 4 is 21.9 Å². The van der Waals surface area contributed by atoms with E-state index in [1.165, 1.54) is 43.6 Å². The number of fused-ring (bicyclic) bond motifs is 1. The minimum Gasteiger partial charge on any atom is -0.382 e. The van der Waals surface area contributed by atoms with Gasteiger partial charge in [-0.25, -0.2) is 9.98 Å². The molecule has 2 fully saturated rings. The molecule has 1 aromatic heterocycles. The van der Waals surface area contributed by atoms with Gasteiger partial charge in [-0.15, -0.1) is 11.1 Å². The summed E-state index contributed by atoms with van der Waals surface area (Å²) in [6.45, 7) is 4.75. The van der Waals surface area contributed by atoms with E-state index < -0.39 is 11.1 Å². The van der Waals surface area contributed by atoms with E-state index in [4.69, 9.17) is 4.99 Å². The van der Waals surface area contributed by atoms with Gasteiger partial charge in [-0.2, -0.15) is 0 Å². The molecule has 0 aromatic carbocycles. The van der Waals surface area contributed by atoms with Crippen LogP contribution in [0.3, 0.4) is 0 Å². The Labute approximate surface area is 135 Å². The third-order valence-electron chi connectivity index (χ3n) is 5.37. The van der Waals surface area contributed by atoms with Gasteiger partial charge >= 0.3 is 0 Å². The van der Waals surface area contributed by atoms with Crippen LogP contribution in [-0.2, 0) is 0 Å². The zero-order valence-corrected chi connectivity index (χ0v) is 14.5. The fraction of sp³-hybridized carbons (Fsp3) is 0.765. The lowest BCUT2D eigenvalue weighted by molar-refractivity contribution is 0.138. The lowest BCUT2D eigenvalue weighted by atomic mass is 9.71. The van der Waals surface area contributed by atoms with E-state index in [9.17, 15) is 5.11 Å². The van der Waals surface area contributed by atoms with Gasteiger partial charge in [0.15, 0.2) is 5.82 Å². The summed E-state index contributed by atoms with van der Waals surface area (Å²) in [5.41, 5.74) is 0.183. The second-order valence-electron chi connectivity index (χ2n) is 8.03. The fourth-order valence-electron chi connectivity index (χ4n) is 4.18. The largest absolute Gasteiger partial charge is 0.382 e. The maximum absolute atomic E-state index is 11.0. The average molecular weight is 321 g/mol. The first-order valence-electron chi connectivity index (χ1n) is 8.62. The Morgan fingerprint density at radius 2 is 2.23 bits per heavy atom. The van der Waals surface area contributed by atoms with E-state index in [1.54, 1.807) is 0 Å². The zero-order chi connectivity index (χ0) is 15.3. The first-order chi connectivity index (χ1) is 10.5. The van der Waals surface area contributed by atoms with Crippen molar-refractivity contribution in [1.29, 1.82) is 0 Å². The summed E-state index contributed by atoms with van der Waals surface area (Å²) in [6.07, 6.45) is 12.3. The molecule has 4 rings (SSSR count). The molecular weight excluding hydrogens is 294 g/mol. The smallest absolute Gasteiger partial charge is 0.162 e. The van der Waals surface area contributed by atoms with Crippen LogP contribution < -0.4 is 0 Å². The molecular formula is C17H27N3OS. The molecule has 0 amide bonds. The Hall–Kier alpha value is -0.810. The topological polar surface area (TPSA) is 50.4 Å². The number of aliphatic hydroxyl groups is 1. The van der Waals surface area contributed by atoms with Crippen molar-refractivity contribution in [2.24, 2.45) is 22.2 Å². The third kappa shape index (κ3) is 2.73. The van der Waals surface area contributed by atoms with Crippen LogP contribution in [0.15, 0.2) is 17.5 Å². The summed E-state index contributed by atoms with van der Waals surface area (Å²) in [5, 5.41) is 12.3. The molecule has 0 bridgehead atoms. The van der Waals surface area contributed by atoms with Crippen LogP contribution in [0.1, 0.15) is 58.8 Å². The van der Waals surface area contributed by atoms with Gasteiger partial charge in [0, 0.05) is 5.92 Å². The highest BCUT2D eigenvalue weighted by molar-refractivity contribution is 8.29. The van der Waals surface area contributed by atoms with Crippen molar-refractivity contribution in [3.63, 3.8) is 0 Å². The Kier molecular flexibility index (Phi) is 3.61. The molecule has 122 valence electrons. The highest BCUT2D eigenvalue weighted by atomic mass is 32.2. The van der Waals surface area contributed by atoms with E-state index in [-0.39, 0.29) is 5.44 Å². The van der Waals surface area contributed by atoms with Crippen molar-refractivity contribution in [1.82, 2.24) is 8.96 Å². The molecule has 2 saturated carbocycles. The second kappa shape index (κ2) is 5.38. The van der Waals surface area contributed by atoms with Crippen molar-refractivity contribution in [3.05, 3.63) is 12.5 Å². The molecule has 3 unspecified atom stereocenters. The summed E-state index contributed by atoms with van der Waals surface area (Å²) in [6, 6.07) is 0. The number of aromatic nitrogens is 2. The number of hydrogen-bond donors (Lipinski definition) is 2. The van der Waals surface area contributed by atoms with Gasteiger partial charge in [-0.3, -0.25) is 3.97 Å². The van der Waals surface area contributed by atoms with Crippen LogP contribution >= 0.6 is 11.1 Å². The Bertz CT molecular complexity index is 590. The summed E-state index contributed by atoms with van der Waals surface area (Å²) < 4.78 is 2.15. The maximum Gasteiger partial charge on any atom is 0.162 e. The van der Waals surface area contributed by atoms with Crippen LogP contribution in [0.4, 0.5) is 5.82 Å². The molecule has 0 spiro atoms. The molecule has 0 saturated heterocycles. The van der Waals surface area contributed by atoms with Crippen molar-refractivity contribution in [2.75, 3.05) is 0 Å². The minimum absolute atomic E-state index is 0.260. The van der Waals surface area contributed by atoms with E-state index in [2.05, 4.69) is 22.8 Å². The molecule has 1 aromatic rings. The number of rotatable bonds is 4. The van der Waals surface area contributed by atoms with Crippen LogP contribution in [0.5, 0.6) is 0 Å². The van der Waals surface area contributed by atoms with Crippen LogP contribution in [0.2, 0.25) is 0 Å². The first kappa shape index (κ1) is 14.8. The zero-order valence-electron chi connectivity index (χ0n) is 13.6. The van der Waals surface area contributed by atoms with Gasteiger partial charge in [0.25, 0.3) is 0 Å². The van der Waals surface area contributed by atoms with E-state index in [0.717, 1.165) is 12.2 Å². The Morgan fingerprint density at radius 3 is 2.95 bits per heavy atom. The van der Waals surface area contributed by atoms with Crippen LogP contribution in [0.25, 0.3) is 0 Å². The lowest BCUT2D eigenvalue weighted by Gasteiger charge is -2.37. The van der Waals surface area contributed by atoms with Gasteiger partial charge in [0.05, 0.1) is 11.2 Å². The Balaban J connectivity index is 1.50. The highest BCUT2D eigenvalue weighted by Gasteiger charge is 2.40. The van der Waals surface area contributed by atoms with Crippen molar-refractivity contribution in [3.8, 4) is 0 Å². The second-order valence-corrected chi connectivity index (χ2v) is 10.2. The van der Waals surface area contributed by atoms with E-state index in [0.29, 0.717) is 17.3 Å². The summed E-state index contributed by atoms with van der Waals surface area (Å²) in [7, 11) is 0. The van der Waals surface area contributed by atoms with Crippen LogP contribution in [0, 0.1) is 17.3 Å². The standard InChI is InChI=1S/C17H27N3OS/c1-17(2)7-3-4-12(9-17)8-15(21)22-16(13-5-6-13)19-14-10-18-11-20(14)22/h10-13,15,21-22H,3-9H2,1-2H3. The minimum atomic E-state index is -0.722. The van der Waals surface area contributed by atoms with Gasteiger partial charge in [0.2, 0.25) is 0 Å². The van der Waals surface area contributed by atoms with Crippen LogP contribution in [-0.4, -0.2) is 24.5 Å². The molecule has 1 N–H and O–H groups in total. The average Bonchev–Trinajstić information content (AvgIpc) is 3.06. The number of nitrogens with zero attached hydrogens (tertiary/aromatic N) is 3. The Morgan fingerprint density at radius 1 is 1.41 bits per heavy atom. The van der Waals surface area contributed by atoms with Gasteiger partial charge in [-0.05, 0) is 43.4 Å². The predicted molar refractivity (Wildman–Crippen MR) is 92.8 cm³/mol. The molecule has 2 aliphatic carbocycles. The number of imidazole rings is 1. The molecule has 0 radical (unpaired) electrons. The molecule has 1 aliphatic heterocycles. The van der Waals surface area contributed by atoms with Crippen molar-refractivity contribution in [2.45, 2.75) is 64.2 Å². The molecule has 3 aliphatic rings.